The molecular formula is C10H17NO4. The molecule has 5 nitrogen and oxygen atoms in total. The summed E-state index contributed by atoms with van der Waals surface area (Å²) in [5.74, 6) is 0. The van der Waals surface area contributed by atoms with Crippen molar-refractivity contribution in [3.05, 3.63) is 12.2 Å². The van der Waals surface area contributed by atoms with E-state index in [-0.39, 0.29) is 13.3 Å². The molecule has 0 bridgehead atoms. The van der Waals surface area contributed by atoms with Gasteiger partial charge in [-0.05, 0) is 26.8 Å². The summed E-state index contributed by atoms with van der Waals surface area (Å²) in [6.45, 7) is 5.66. The molecule has 0 aromatic heterocycles. The Balaban J connectivity index is 3.48. The van der Waals surface area contributed by atoms with Crippen molar-refractivity contribution < 1.29 is 19.1 Å². The highest BCUT2D eigenvalue weighted by molar-refractivity contribution is 5.67. The Morgan fingerprint density at radius 2 is 2.07 bits per heavy atom. The monoisotopic (exact) mass is 215 g/mol. The molecule has 0 saturated heterocycles. The third-order valence-electron chi connectivity index (χ3n) is 1.15. The summed E-state index contributed by atoms with van der Waals surface area (Å²) in [5, 5.41) is 2.41. The Hall–Kier alpha value is -1.36. The number of aldehydes is 1. The minimum Gasteiger partial charge on any atom is -0.444 e. The molecule has 0 fully saturated rings. The largest absolute Gasteiger partial charge is 0.444 e. The van der Waals surface area contributed by atoms with Gasteiger partial charge in [0.15, 0.2) is 0 Å². The first-order chi connectivity index (χ1) is 6.95. The standard InChI is InChI=1S/C10H17NO4/c1-10(2,3)15-9(13)11-8-14-7-5-4-6-12/h4-6H,7-8H2,1-3H3,(H,11,13)/b5-4+. The number of amides is 1. The number of rotatable bonds is 5. The molecule has 1 amide bonds. The number of ether oxygens (including phenoxy) is 2. The van der Waals surface area contributed by atoms with Crippen molar-refractivity contribution >= 4 is 12.4 Å². The van der Waals surface area contributed by atoms with Crippen LogP contribution in [0.15, 0.2) is 12.2 Å². The van der Waals surface area contributed by atoms with E-state index >= 15 is 0 Å². The number of carbonyl (C=O) groups excluding carboxylic acids is 2. The molecule has 0 aliphatic heterocycles. The van der Waals surface area contributed by atoms with Gasteiger partial charge in [-0.1, -0.05) is 6.08 Å². The van der Waals surface area contributed by atoms with Crippen molar-refractivity contribution in [2.24, 2.45) is 0 Å². The predicted octanol–water partition coefficient (Wildman–Crippen LogP) is 1.24. The fourth-order valence-electron chi connectivity index (χ4n) is 0.662. The minimum atomic E-state index is -0.526. The first-order valence-corrected chi connectivity index (χ1v) is 4.60. The Morgan fingerprint density at radius 3 is 2.60 bits per heavy atom. The highest BCUT2D eigenvalue weighted by atomic mass is 16.6. The van der Waals surface area contributed by atoms with Crippen LogP contribution in [0.1, 0.15) is 20.8 Å². The molecular weight excluding hydrogens is 198 g/mol. The molecule has 0 unspecified atom stereocenters. The maximum absolute atomic E-state index is 11.1. The van der Waals surface area contributed by atoms with E-state index in [1.165, 1.54) is 6.08 Å². The lowest BCUT2D eigenvalue weighted by molar-refractivity contribution is -0.104. The van der Waals surface area contributed by atoms with Crippen LogP contribution in [0, 0.1) is 0 Å². The second kappa shape index (κ2) is 7.00. The number of nitrogens with one attached hydrogen (secondary N) is 1. The zero-order chi connectivity index (χ0) is 11.7. The Bertz CT molecular complexity index is 230. The molecule has 0 saturated carbocycles. The van der Waals surface area contributed by atoms with E-state index in [4.69, 9.17) is 9.47 Å². The lowest BCUT2D eigenvalue weighted by Gasteiger charge is -2.19. The quantitative estimate of drug-likeness (QED) is 0.324. The molecule has 0 aromatic carbocycles. The Kier molecular flexibility index (Phi) is 6.37. The average molecular weight is 215 g/mol. The first-order valence-electron chi connectivity index (χ1n) is 4.60. The summed E-state index contributed by atoms with van der Waals surface area (Å²) in [5.41, 5.74) is -0.512. The van der Waals surface area contributed by atoms with Crippen molar-refractivity contribution in [2.45, 2.75) is 26.4 Å². The highest BCUT2D eigenvalue weighted by Crippen LogP contribution is 2.05. The fraction of sp³-hybridized carbons (Fsp3) is 0.600. The lowest BCUT2D eigenvalue weighted by atomic mass is 10.2. The molecule has 0 spiro atoms. The van der Waals surface area contributed by atoms with Crippen molar-refractivity contribution in [2.75, 3.05) is 13.3 Å². The second-order valence-corrected chi connectivity index (χ2v) is 3.76. The van der Waals surface area contributed by atoms with E-state index in [2.05, 4.69) is 5.32 Å². The van der Waals surface area contributed by atoms with Crippen LogP contribution >= 0.6 is 0 Å². The molecule has 0 atom stereocenters. The molecule has 86 valence electrons. The number of allylic oxidation sites excluding steroid dienone is 1. The molecule has 0 aliphatic carbocycles. The van der Waals surface area contributed by atoms with Crippen molar-refractivity contribution in [1.82, 2.24) is 5.32 Å². The summed E-state index contributed by atoms with van der Waals surface area (Å²) >= 11 is 0. The zero-order valence-electron chi connectivity index (χ0n) is 9.28. The maximum atomic E-state index is 11.1. The summed E-state index contributed by atoms with van der Waals surface area (Å²) in [6.07, 6.45) is 3.00. The SMILES string of the molecule is CC(C)(C)OC(=O)NCOC/C=C/C=O. The highest BCUT2D eigenvalue weighted by Gasteiger charge is 2.15. The minimum absolute atomic E-state index is 0.0537. The molecule has 0 aliphatic rings. The van der Waals surface area contributed by atoms with Crippen LogP contribution in [0.5, 0.6) is 0 Å². The van der Waals surface area contributed by atoms with Crippen molar-refractivity contribution in [3.8, 4) is 0 Å². The van der Waals surface area contributed by atoms with Crippen molar-refractivity contribution in [3.63, 3.8) is 0 Å². The van der Waals surface area contributed by atoms with E-state index in [9.17, 15) is 9.59 Å². The lowest BCUT2D eigenvalue weighted by Crippen LogP contribution is -2.33. The Labute approximate surface area is 89.4 Å². The van der Waals surface area contributed by atoms with E-state index < -0.39 is 11.7 Å². The number of hydrogen-bond acceptors (Lipinski definition) is 4. The van der Waals surface area contributed by atoms with E-state index in [0.717, 1.165) is 0 Å². The van der Waals surface area contributed by atoms with Crippen LogP contribution < -0.4 is 5.32 Å². The molecule has 0 rings (SSSR count). The van der Waals surface area contributed by atoms with Gasteiger partial charge >= 0.3 is 6.09 Å². The Morgan fingerprint density at radius 1 is 1.40 bits per heavy atom. The van der Waals surface area contributed by atoms with E-state index in [1.807, 2.05) is 0 Å². The van der Waals surface area contributed by atoms with Gasteiger partial charge < -0.3 is 9.47 Å². The zero-order valence-corrected chi connectivity index (χ0v) is 9.28. The van der Waals surface area contributed by atoms with E-state index in [1.54, 1.807) is 26.8 Å². The van der Waals surface area contributed by atoms with Gasteiger partial charge in [-0.3, -0.25) is 10.1 Å². The van der Waals surface area contributed by atoms with E-state index in [0.29, 0.717) is 6.29 Å². The fourth-order valence-corrected chi connectivity index (χ4v) is 0.662. The van der Waals surface area contributed by atoms with Crippen LogP contribution in [0.4, 0.5) is 4.79 Å². The van der Waals surface area contributed by atoms with Gasteiger partial charge in [-0.15, -0.1) is 0 Å². The van der Waals surface area contributed by atoms with Crippen LogP contribution in [0.3, 0.4) is 0 Å². The molecule has 15 heavy (non-hydrogen) atoms. The molecule has 0 aromatic rings. The van der Waals surface area contributed by atoms with Crippen molar-refractivity contribution in [1.29, 1.82) is 0 Å². The maximum Gasteiger partial charge on any atom is 0.409 e. The predicted molar refractivity (Wildman–Crippen MR) is 55.4 cm³/mol. The summed E-state index contributed by atoms with van der Waals surface area (Å²) in [6, 6.07) is 0. The first kappa shape index (κ1) is 13.6. The third-order valence-corrected chi connectivity index (χ3v) is 1.15. The van der Waals surface area contributed by atoms with Crippen LogP contribution in [0.25, 0.3) is 0 Å². The summed E-state index contributed by atoms with van der Waals surface area (Å²) < 4.78 is 9.92. The second-order valence-electron chi connectivity index (χ2n) is 3.76. The van der Waals surface area contributed by atoms with Crippen LogP contribution in [-0.4, -0.2) is 31.3 Å². The third kappa shape index (κ3) is 10.6. The van der Waals surface area contributed by atoms with Gasteiger partial charge in [-0.2, -0.15) is 0 Å². The molecule has 0 heterocycles. The summed E-state index contributed by atoms with van der Waals surface area (Å²) in [4.78, 5) is 20.9. The van der Waals surface area contributed by atoms with Gasteiger partial charge in [0.25, 0.3) is 0 Å². The molecule has 5 heteroatoms. The normalized spacial score (nSPS) is 11.4. The van der Waals surface area contributed by atoms with Gasteiger partial charge in [0.1, 0.15) is 18.6 Å². The van der Waals surface area contributed by atoms with Gasteiger partial charge in [0.05, 0.1) is 6.61 Å². The van der Waals surface area contributed by atoms with Gasteiger partial charge in [-0.25, -0.2) is 4.79 Å². The molecule has 1 N–H and O–H groups in total. The average Bonchev–Trinajstić information content (AvgIpc) is 2.08. The van der Waals surface area contributed by atoms with Gasteiger partial charge in [0.2, 0.25) is 0 Å². The number of hydrogen-bond donors (Lipinski definition) is 1. The van der Waals surface area contributed by atoms with Crippen LogP contribution in [0.2, 0.25) is 0 Å². The van der Waals surface area contributed by atoms with Crippen LogP contribution in [-0.2, 0) is 14.3 Å². The number of alkyl carbamates (subject to hydrolysis) is 1. The summed E-state index contributed by atoms with van der Waals surface area (Å²) in [7, 11) is 0. The molecule has 0 radical (unpaired) electrons. The topological polar surface area (TPSA) is 64.6 Å². The van der Waals surface area contributed by atoms with Gasteiger partial charge in [0, 0.05) is 0 Å². The smallest absolute Gasteiger partial charge is 0.409 e. The number of carbonyl (C=O) groups is 2.